The summed E-state index contributed by atoms with van der Waals surface area (Å²) in [6, 6.07) is 9.50. The van der Waals surface area contributed by atoms with E-state index in [0.29, 0.717) is 12.4 Å². The number of alkyl halides is 3. The van der Waals surface area contributed by atoms with Crippen LogP contribution >= 0.6 is 0 Å². The summed E-state index contributed by atoms with van der Waals surface area (Å²) in [6.45, 7) is 3.62. The zero-order chi connectivity index (χ0) is 18.4. The van der Waals surface area contributed by atoms with E-state index in [9.17, 15) is 18.3 Å². The lowest BCUT2D eigenvalue weighted by atomic mass is 10.0. The second kappa shape index (κ2) is 8.49. The molecule has 0 saturated carbocycles. The minimum absolute atomic E-state index is 0.0650. The lowest BCUT2D eigenvalue weighted by Gasteiger charge is -2.33. The van der Waals surface area contributed by atoms with Gasteiger partial charge >= 0.3 is 6.18 Å². The van der Waals surface area contributed by atoms with E-state index in [1.165, 1.54) is 12.4 Å². The first kappa shape index (κ1) is 19.5. The van der Waals surface area contributed by atoms with Crippen LogP contribution in [-0.4, -0.2) is 38.4 Å². The fraction of sp³-hybridized carbons (Fsp3) is 0.500. The Kier molecular flexibility index (Phi) is 6.61. The summed E-state index contributed by atoms with van der Waals surface area (Å²) in [5, 5.41) is 9.78. The number of nitrogens with zero attached hydrogens (tertiary/aromatic N) is 3. The molecule has 0 aliphatic rings. The van der Waals surface area contributed by atoms with Gasteiger partial charge in [-0.05, 0) is 11.5 Å². The molecule has 1 atom stereocenters. The maximum Gasteiger partial charge on any atom is 0.406 e. The number of aliphatic hydroxyl groups is 1. The van der Waals surface area contributed by atoms with Crippen LogP contribution in [0.4, 0.5) is 13.2 Å². The van der Waals surface area contributed by atoms with Gasteiger partial charge in [0.2, 0.25) is 0 Å². The van der Waals surface area contributed by atoms with Crippen molar-refractivity contribution in [2.24, 2.45) is 5.92 Å². The molecule has 2 rings (SSSR count). The Morgan fingerprint density at radius 2 is 1.84 bits per heavy atom. The molecular weight excluding hydrogens is 331 g/mol. The topological polar surface area (TPSA) is 41.3 Å². The van der Waals surface area contributed by atoms with E-state index in [1.54, 1.807) is 0 Å². The number of aromatic nitrogens is 2. The van der Waals surface area contributed by atoms with Crippen LogP contribution in [0.25, 0.3) is 0 Å². The Bertz CT molecular complexity index is 641. The van der Waals surface area contributed by atoms with Crippen LogP contribution in [-0.2, 0) is 19.6 Å². The molecule has 2 aromatic rings. The molecule has 7 heteroatoms. The van der Waals surface area contributed by atoms with Crippen LogP contribution in [0, 0.1) is 5.92 Å². The van der Waals surface area contributed by atoms with Crippen molar-refractivity contribution >= 4 is 0 Å². The molecule has 0 amide bonds. The maximum atomic E-state index is 12.7. The lowest BCUT2D eigenvalue weighted by molar-refractivity contribution is -0.141. The summed E-state index contributed by atoms with van der Waals surface area (Å²) < 4.78 is 39.3. The van der Waals surface area contributed by atoms with Crippen molar-refractivity contribution in [1.82, 2.24) is 14.5 Å². The fourth-order valence-corrected chi connectivity index (χ4v) is 2.87. The van der Waals surface area contributed by atoms with Gasteiger partial charge in [0.25, 0.3) is 0 Å². The van der Waals surface area contributed by atoms with Crippen molar-refractivity contribution in [3.8, 4) is 0 Å². The van der Waals surface area contributed by atoms with E-state index in [-0.39, 0.29) is 25.1 Å². The van der Waals surface area contributed by atoms with Crippen LogP contribution in [0.5, 0.6) is 0 Å². The first-order chi connectivity index (χ1) is 11.8. The highest BCUT2D eigenvalue weighted by Gasteiger charge is 2.30. The van der Waals surface area contributed by atoms with E-state index < -0.39 is 12.7 Å². The molecule has 4 nitrogen and oxygen atoms in total. The van der Waals surface area contributed by atoms with Crippen molar-refractivity contribution < 1.29 is 18.3 Å². The smallest absolute Gasteiger partial charge is 0.395 e. The van der Waals surface area contributed by atoms with E-state index in [4.69, 9.17) is 0 Å². The highest BCUT2D eigenvalue weighted by molar-refractivity contribution is 5.14. The first-order valence-corrected chi connectivity index (χ1v) is 8.25. The fourth-order valence-electron chi connectivity index (χ4n) is 2.87. The highest BCUT2D eigenvalue weighted by atomic mass is 19.4. The molecule has 1 heterocycles. The molecule has 25 heavy (non-hydrogen) atoms. The third-order valence-corrected chi connectivity index (χ3v) is 4.15. The standard InChI is InChI=1S/C18H24F3N3O/c1-14(2)16(12-25)24(10-15-6-4-3-5-7-15)11-17-22-8-9-23(17)13-18(19,20)21/h3-9,14,16,25H,10-13H2,1-2H3. The number of hydrogen-bond acceptors (Lipinski definition) is 3. The van der Waals surface area contributed by atoms with Gasteiger partial charge in [0.1, 0.15) is 12.4 Å². The highest BCUT2D eigenvalue weighted by Crippen LogP contribution is 2.21. The number of hydrogen-bond donors (Lipinski definition) is 1. The van der Waals surface area contributed by atoms with Crippen molar-refractivity contribution in [3.63, 3.8) is 0 Å². The monoisotopic (exact) mass is 355 g/mol. The third kappa shape index (κ3) is 5.86. The minimum Gasteiger partial charge on any atom is -0.395 e. The zero-order valence-corrected chi connectivity index (χ0v) is 14.4. The van der Waals surface area contributed by atoms with Gasteiger partial charge < -0.3 is 9.67 Å². The van der Waals surface area contributed by atoms with Gasteiger partial charge in [-0.3, -0.25) is 4.90 Å². The molecule has 138 valence electrons. The summed E-state index contributed by atoms with van der Waals surface area (Å²) in [7, 11) is 0. The van der Waals surface area contributed by atoms with Gasteiger partial charge in [-0.25, -0.2) is 4.98 Å². The average molecular weight is 355 g/mol. The first-order valence-electron chi connectivity index (χ1n) is 8.25. The van der Waals surface area contributed by atoms with E-state index >= 15 is 0 Å². The predicted molar refractivity (Wildman–Crippen MR) is 89.7 cm³/mol. The van der Waals surface area contributed by atoms with Crippen molar-refractivity contribution in [1.29, 1.82) is 0 Å². The zero-order valence-electron chi connectivity index (χ0n) is 14.4. The van der Waals surface area contributed by atoms with E-state index in [0.717, 1.165) is 10.1 Å². The third-order valence-electron chi connectivity index (χ3n) is 4.15. The quantitative estimate of drug-likeness (QED) is 0.788. The molecule has 1 N–H and O–H groups in total. The molecule has 0 fully saturated rings. The minimum atomic E-state index is -4.30. The number of imidazole rings is 1. The average Bonchev–Trinajstić information content (AvgIpc) is 2.93. The Balaban J connectivity index is 2.23. The second-order valence-corrected chi connectivity index (χ2v) is 6.47. The SMILES string of the molecule is CC(C)C(CO)N(Cc1ccccc1)Cc1nccn1CC(F)(F)F. The summed E-state index contributed by atoms with van der Waals surface area (Å²) >= 11 is 0. The lowest BCUT2D eigenvalue weighted by Crippen LogP contribution is -2.41. The maximum absolute atomic E-state index is 12.7. The van der Waals surface area contributed by atoms with Crippen LogP contribution in [0.2, 0.25) is 0 Å². The van der Waals surface area contributed by atoms with E-state index in [2.05, 4.69) is 4.98 Å². The molecule has 0 saturated heterocycles. The summed E-state index contributed by atoms with van der Waals surface area (Å²) in [5.74, 6) is 0.493. The molecule has 0 aliphatic heterocycles. The Hall–Kier alpha value is -1.86. The number of aliphatic hydroxyl groups excluding tert-OH is 1. The van der Waals surface area contributed by atoms with Crippen LogP contribution in [0.1, 0.15) is 25.2 Å². The van der Waals surface area contributed by atoms with Crippen molar-refractivity contribution in [2.75, 3.05) is 6.61 Å². The van der Waals surface area contributed by atoms with Crippen molar-refractivity contribution in [3.05, 3.63) is 54.1 Å². The van der Waals surface area contributed by atoms with Crippen molar-refractivity contribution in [2.45, 2.75) is 45.7 Å². The van der Waals surface area contributed by atoms with Gasteiger partial charge in [-0.1, -0.05) is 44.2 Å². The van der Waals surface area contributed by atoms with E-state index in [1.807, 2.05) is 49.1 Å². The Labute approximate surface area is 145 Å². The van der Waals surface area contributed by atoms with Gasteiger partial charge in [0.15, 0.2) is 0 Å². The molecule has 0 bridgehead atoms. The summed E-state index contributed by atoms with van der Waals surface area (Å²) in [5.41, 5.74) is 1.04. The molecule has 1 aromatic heterocycles. The number of benzene rings is 1. The molecular formula is C18H24F3N3O. The molecule has 1 aromatic carbocycles. The molecule has 1 unspecified atom stereocenters. The van der Waals surface area contributed by atoms with Gasteiger partial charge in [0.05, 0.1) is 13.2 Å². The van der Waals surface area contributed by atoms with Crippen LogP contribution in [0.3, 0.4) is 0 Å². The van der Waals surface area contributed by atoms with Gasteiger partial charge in [-0.2, -0.15) is 13.2 Å². The normalized spacial score (nSPS) is 13.6. The van der Waals surface area contributed by atoms with Gasteiger partial charge in [-0.15, -0.1) is 0 Å². The number of halogens is 3. The van der Waals surface area contributed by atoms with Gasteiger partial charge in [0, 0.05) is 25.0 Å². The molecule has 0 spiro atoms. The largest absolute Gasteiger partial charge is 0.406 e. The Morgan fingerprint density at radius 1 is 1.16 bits per heavy atom. The summed E-state index contributed by atoms with van der Waals surface area (Å²) in [4.78, 5) is 6.08. The van der Waals surface area contributed by atoms with Crippen LogP contribution in [0.15, 0.2) is 42.7 Å². The Morgan fingerprint density at radius 3 is 2.40 bits per heavy atom. The molecule has 0 radical (unpaired) electrons. The predicted octanol–water partition coefficient (Wildman–Crippen LogP) is 3.46. The molecule has 0 aliphatic carbocycles. The summed E-state index contributed by atoms with van der Waals surface area (Å²) in [6.07, 6.45) is -1.58. The second-order valence-electron chi connectivity index (χ2n) is 6.47. The van der Waals surface area contributed by atoms with Crippen LogP contribution < -0.4 is 0 Å². The number of rotatable bonds is 8.